The molecular formula is C24H31NO. The average molecular weight is 350 g/mol. The van der Waals surface area contributed by atoms with Crippen molar-refractivity contribution in [2.75, 3.05) is 0 Å². The van der Waals surface area contributed by atoms with E-state index in [4.69, 9.17) is 0 Å². The predicted octanol–water partition coefficient (Wildman–Crippen LogP) is 6.31. The molecule has 0 bridgehead atoms. The van der Waals surface area contributed by atoms with Gasteiger partial charge in [-0.1, -0.05) is 92.1 Å². The number of allylic oxidation sites excluding steroid dienone is 1. The van der Waals surface area contributed by atoms with E-state index in [1.165, 1.54) is 36.0 Å². The van der Waals surface area contributed by atoms with Gasteiger partial charge in [0.15, 0.2) is 0 Å². The number of hydrogen-bond acceptors (Lipinski definition) is 1. The van der Waals surface area contributed by atoms with E-state index in [-0.39, 0.29) is 11.9 Å². The van der Waals surface area contributed by atoms with E-state index in [0.29, 0.717) is 0 Å². The fourth-order valence-corrected chi connectivity index (χ4v) is 3.24. The first kappa shape index (κ1) is 20.0. The monoisotopic (exact) mass is 349 g/mol. The molecule has 26 heavy (non-hydrogen) atoms. The van der Waals surface area contributed by atoms with Crippen molar-refractivity contribution < 1.29 is 4.79 Å². The van der Waals surface area contributed by atoms with Gasteiger partial charge >= 0.3 is 0 Å². The van der Waals surface area contributed by atoms with Crippen LogP contribution in [0.5, 0.6) is 0 Å². The summed E-state index contributed by atoms with van der Waals surface area (Å²) in [5.41, 5.74) is 3.90. The number of unbranched alkanes of at least 4 members (excludes halogenated alkanes) is 2. The van der Waals surface area contributed by atoms with Crippen LogP contribution in [0, 0.1) is 0 Å². The van der Waals surface area contributed by atoms with Crippen LogP contribution in [0.3, 0.4) is 0 Å². The number of nitrogens with one attached hydrogen (secondary N) is 1. The zero-order chi connectivity index (χ0) is 18.6. The Bertz CT molecular complexity index is 676. The lowest BCUT2D eigenvalue weighted by molar-refractivity contribution is -0.119. The van der Waals surface area contributed by atoms with Gasteiger partial charge in [-0.2, -0.15) is 0 Å². The molecule has 1 N–H and O–H groups in total. The third-order valence-electron chi connectivity index (χ3n) is 4.61. The molecule has 1 atom stereocenters. The highest BCUT2D eigenvalue weighted by atomic mass is 16.1. The highest BCUT2D eigenvalue weighted by Crippen LogP contribution is 2.25. The second-order valence-electron chi connectivity index (χ2n) is 6.87. The maximum atomic E-state index is 11.6. The van der Waals surface area contributed by atoms with Gasteiger partial charge in [0.2, 0.25) is 5.91 Å². The summed E-state index contributed by atoms with van der Waals surface area (Å²) in [6, 6.07) is 20.9. The first-order valence-electron chi connectivity index (χ1n) is 9.75. The summed E-state index contributed by atoms with van der Waals surface area (Å²) in [4.78, 5) is 11.6. The van der Waals surface area contributed by atoms with Gasteiger partial charge in [0.25, 0.3) is 0 Å². The zero-order valence-corrected chi connectivity index (χ0v) is 16.1. The molecule has 2 rings (SSSR count). The number of rotatable bonds is 10. The van der Waals surface area contributed by atoms with Gasteiger partial charge in [0, 0.05) is 6.92 Å². The summed E-state index contributed by atoms with van der Waals surface area (Å²) in [6.07, 6.45) is 9.10. The van der Waals surface area contributed by atoms with Gasteiger partial charge in [0.1, 0.15) is 0 Å². The number of benzene rings is 2. The molecule has 0 saturated carbocycles. The number of amides is 1. The van der Waals surface area contributed by atoms with E-state index in [2.05, 4.69) is 60.8 Å². The summed E-state index contributed by atoms with van der Waals surface area (Å²) in [6.45, 7) is 3.83. The number of carbonyl (C=O) groups excluding carboxylic acids is 1. The van der Waals surface area contributed by atoms with Crippen molar-refractivity contribution in [3.63, 3.8) is 0 Å². The molecule has 138 valence electrons. The van der Waals surface area contributed by atoms with Crippen molar-refractivity contribution in [1.29, 1.82) is 0 Å². The molecule has 2 nitrogen and oxygen atoms in total. The third kappa shape index (κ3) is 7.26. The second-order valence-corrected chi connectivity index (χ2v) is 6.87. The van der Waals surface area contributed by atoms with Crippen molar-refractivity contribution in [3.8, 4) is 0 Å². The minimum Gasteiger partial charge on any atom is -0.350 e. The predicted molar refractivity (Wildman–Crippen MR) is 111 cm³/mol. The fraction of sp³-hybridized carbons (Fsp3) is 0.375. The van der Waals surface area contributed by atoms with Gasteiger partial charge in [-0.15, -0.1) is 0 Å². The van der Waals surface area contributed by atoms with Crippen molar-refractivity contribution >= 4 is 12.0 Å². The van der Waals surface area contributed by atoms with Gasteiger partial charge in [-0.25, -0.2) is 0 Å². The molecule has 0 saturated heterocycles. The maximum absolute atomic E-state index is 11.6. The molecule has 1 unspecified atom stereocenters. The van der Waals surface area contributed by atoms with Crippen LogP contribution in [-0.4, -0.2) is 5.91 Å². The molecule has 0 heterocycles. The Labute approximate surface area is 158 Å². The van der Waals surface area contributed by atoms with E-state index in [1.807, 2.05) is 18.2 Å². The first-order valence-corrected chi connectivity index (χ1v) is 9.75. The number of carbonyl (C=O) groups is 1. The Hall–Kier alpha value is -2.35. The Kier molecular flexibility index (Phi) is 8.68. The Balaban J connectivity index is 2.09. The molecule has 0 fully saturated rings. The van der Waals surface area contributed by atoms with Crippen LogP contribution in [0.2, 0.25) is 0 Å². The topological polar surface area (TPSA) is 29.1 Å². The lowest BCUT2D eigenvalue weighted by Crippen LogP contribution is -2.26. The fourth-order valence-electron chi connectivity index (χ4n) is 3.24. The minimum atomic E-state index is 0.0263. The largest absolute Gasteiger partial charge is 0.350 e. The summed E-state index contributed by atoms with van der Waals surface area (Å²) in [7, 11) is 0. The van der Waals surface area contributed by atoms with Crippen molar-refractivity contribution in [3.05, 3.63) is 77.4 Å². The Morgan fingerprint density at radius 1 is 0.962 bits per heavy atom. The molecule has 2 aromatic rings. The third-order valence-corrected chi connectivity index (χ3v) is 4.61. The van der Waals surface area contributed by atoms with Crippen molar-refractivity contribution in [2.24, 2.45) is 0 Å². The summed E-state index contributed by atoms with van der Waals surface area (Å²) < 4.78 is 0. The lowest BCUT2D eigenvalue weighted by atomic mass is 9.95. The highest BCUT2D eigenvalue weighted by molar-refractivity contribution is 5.73. The Morgan fingerprint density at radius 2 is 1.62 bits per heavy atom. The van der Waals surface area contributed by atoms with Gasteiger partial charge in [0.05, 0.1) is 6.04 Å². The summed E-state index contributed by atoms with van der Waals surface area (Å²) in [5.74, 6) is 0.0263. The van der Waals surface area contributed by atoms with Crippen LogP contribution in [0.15, 0.2) is 66.2 Å². The Morgan fingerprint density at radius 3 is 2.23 bits per heavy atom. The molecule has 1 amide bonds. The van der Waals surface area contributed by atoms with E-state index >= 15 is 0 Å². The van der Waals surface area contributed by atoms with Gasteiger partial charge in [-0.05, 0) is 36.8 Å². The molecule has 0 radical (unpaired) electrons. The quantitative estimate of drug-likeness (QED) is 0.500. The molecule has 0 aliphatic rings. The van der Waals surface area contributed by atoms with Crippen LogP contribution in [0.25, 0.3) is 6.08 Å². The molecule has 2 heteroatoms. The van der Waals surface area contributed by atoms with Crippen LogP contribution in [0.4, 0.5) is 0 Å². The van der Waals surface area contributed by atoms with Crippen LogP contribution >= 0.6 is 0 Å². The molecule has 0 spiro atoms. The maximum Gasteiger partial charge on any atom is 0.217 e. The van der Waals surface area contributed by atoms with E-state index in [9.17, 15) is 4.79 Å². The van der Waals surface area contributed by atoms with Crippen LogP contribution in [0.1, 0.15) is 69.5 Å². The number of hydrogen-bond donors (Lipinski definition) is 1. The molecule has 0 aromatic heterocycles. The highest BCUT2D eigenvalue weighted by Gasteiger charge is 2.13. The van der Waals surface area contributed by atoms with Crippen LogP contribution in [-0.2, 0) is 4.79 Å². The smallest absolute Gasteiger partial charge is 0.217 e. The normalized spacial score (nSPS) is 12.6. The average Bonchev–Trinajstić information content (AvgIpc) is 2.66. The van der Waals surface area contributed by atoms with E-state index in [0.717, 1.165) is 19.3 Å². The van der Waals surface area contributed by atoms with E-state index < -0.39 is 0 Å². The first-order chi connectivity index (χ1) is 12.7. The zero-order valence-electron chi connectivity index (χ0n) is 16.1. The van der Waals surface area contributed by atoms with Crippen molar-refractivity contribution in [1.82, 2.24) is 5.32 Å². The standard InChI is InChI=1S/C24H31NO/c1-3-4-7-12-22(19-21-13-8-5-9-14-21)17-18-24(25-20(2)26)23-15-10-6-11-16-23/h5-6,8-11,13-16,19,24H,3-4,7,12,17-18H2,1-2H3,(H,25,26)/b22-19+. The summed E-state index contributed by atoms with van der Waals surface area (Å²) >= 11 is 0. The molecule has 2 aromatic carbocycles. The molecular weight excluding hydrogens is 318 g/mol. The summed E-state index contributed by atoms with van der Waals surface area (Å²) in [5, 5.41) is 3.12. The van der Waals surface area contributed by atoms with Crippen LogP contribution < -0.4 is 5.32 Å². The van der Waals surface area contributed by atoms with Gasteiger partial charge < -0.3 is 5.32 Å². The molecule has 0 aliphatic heterocycles. The van der Waals surface area contributed by atoms with Gasteiger partial charge in [-0.3, -0.25) is 4.79 Å². The van der Waals surface area contributed by atoms with E-state index in [1.54, 1.807) is 6.92 Å². The SMILES string of the molecule is CCCCC/C(=C\c1ccccc1)CCC(NC(C)=O)c1ccccc1. The second kappa shape index (κ2) is 11.3. The molecule has 0 aliphatic carbocycles. The lowest BCUT2D eigenvalue weighted by Gasteiger charge is -2.19. The van der Waals surface area contributed by atoms with Crippen molar-refractivity contribution in [2.45, 2.75) is 58.4 Å². The minimum absolute atomic E-state index is 0.0263.